The van der Waals surface area contributed by atoms with Gasteiger partial charge < -0.3 is 10.1 Å². The molecule has 1 N–H and O–H groups in total. The second-order valence-corrected chi connectivity index (χ2v) is 8.70. The van der Waals surface area contributed by atoms with Crippen molar-refractivity contribution in [2.45, 2.75) is 30.1 Å². The molecule has 0 aromatic heterocycles. The first kappa shape index (κ1) is 22.5. The zero-order valence-electron chi connectivity index (χ0n) is 14.9. The van der Waals surface area contributed by atoms with Crippen LogP contribution >= 0.6 is 21.6 Å². The lowest BCUT2D eigenvalue weighted by atomic mass is 10.2. The lowest BCUT2D eigenvalue weighted by Crippen LogP contribution is -2.36. The second-order valence-electron chi connectivity index (χ2n) is 5.79. The molecule has 0 aliphatic rings. The van der Waals surface area contributed by atoms with E-state index in [2.05, 4.69) is 25.4 Å². The van der Waals surface area contributed by atoms with Gasteiger partial charge in [0.1, 0.15) is 19.7 Å². The minimum atomic E-state index is -0.578. The lowest BCUT2D eigenvalue weighted by Gasteiger charge is -2.23. The van der Waals surface area contributed by atoms with Gasteiger partial charge >= 0.3 is 5.97 Å². The van der Waals surface area contributed by atoms with Gasteiger partial charge in [-0.15, -0.1) is 0 Å². The number of nitrogens with zero attached hydrogens (tertiary/aromatic N) is 6. The minimum absolute atomic E-state index is 0.112. The maximum atomic E-state index is 11.5. The van der Waals surface area contributed by atoms with Crippen molar-refractivity contribution >= 4 is 33.5 Å². The van der Waals surface area contributed by atoms with Crippen LogP contribution in [0, 0.1) is 0 Å². The number of nitrogens with one attached hydrogen (secondary N) is 1. The molecule has 0 bridgehead atoms. The molecule has 12 heteroatoms. The van der Waals surface area contributed by atoms with Gasteiger partial charge in [-0.3, -0.25) is 9.59 Å². The number of azide groups is 2. The first-order valence-electron chi connectivity index (χ1n) is 7.75. The number of carbonyl (C=O) groups excluding carboxylic acids is 2. The Labute approximate surface area is 164 Å². The van der Waals surface area contributed by atoms with E-state index < -0.39 is 5.97 Å². The first-order chi connectivity index (χ1) is 12.9. The van der Waals surface area contributed by atoms with Crippen molar-refractivity contribution in [3.63, 3.8) is 0 Å². The highest BCUT2D eigenvalue weighted by Crippen LogP contribution is 2.40. The van der Waals surface area contributed by atoms with E-state index in [0.29, 0.717) is 6.54 Å². The zero-order chi connectivity index (χ0) is 20.1. The van der Waals surface area contributed by atoms with E-state index >= 15 is 0 Å². The van der Waals surface area contributed by atoms with Crippen LogP contribution in [-0.4, -0.2) is 36.3 Å². The summed E-state index contributed by atoms with van der Waals surface area (Å²) in [7, 11) is 3.16. The standard InChI is InChI=1S/C15H19N7O3S2/c1-15(2,10-18-13(23)7-19-21-16)27-26-12-5-3-11(4-6-12)9-25-14(24)8-20-22-17/h3-6H,7-10H2,1-2H3,(H,18,23). The van der Waals surface area contributed by atoms with Crippen LogP contribution in [0.3, 0.4) is 0 Å². The predicted molar refractivity (Wildman–Crippen MR) is 105 cm³/mol. The number of rotatable bonds is 11. The predicted octanol–water partition coefficient (Wildman–Crippen LogP) is 3.99. The quantitative estimate of drug-likeness (QED) is 0.192. The highest BCUT2D eigenvalue weighted by Gasteiger charge is 2.20. The summed E-state index contributed by atoms with van der Waals surface area (Å²) < 4.78 is 4.75. The van der Waals surface area contributed by atoms with Crippen LogP contribution in [0.15, 0.2) is 39.4 Å². The molecule has 0 aliphatic carbocycles. The summed E-state index contributed by atoms with van der Waals surface area (Å²) in [6.45, 7) is 4.01. The van der Waals surface area contributed by atoms with E-state index in [1.54, 1.807) is 21.6 Å². The lowest BCUT2D eigenvalue weighted by molar-refractivity contribution is -0.143. The second kappa shape index (κ2) is 12.0. The number of carbonyl (C=O) groups is 2. The average molecular weight is 409 g/mol. The van der Waals surface area contributed by atoms with Gasteiger partial charge in [0.05, 0.1) is 0 Å². The van der Waals surface area contributed by atoms with Crippen molar-refractivity contribution in [1.82, 2.24) is 5.32 Å². The van der Waals surface area contributed by atoms with Crippen LogP contribution in [0.5, 0.6) is 0 Å². The highest BCUT2D eigenvalue weighted by molar-refractivity contribution is 8.77. The van der Waals surface area contributed by atoms with Crippen LogP contribution in [0.2, 0.25) is 0 Å². The molecule has 144 valence electrons. The average Bonchev–Trinajstić information content (AvgIpc) is 2.66. The Balaban J connectivity index is 2.41. The van der Waals surface area contributed by atoms with E-state index in [4.69, 9.17) is 15.8 Å². The van der Waals surface area contributed by atoms with Gasteiger partial charge in [0.15, 0.2) is 0 Å². The first-order valence-corrected chi connectivity index (χ1v) is 9.90. The molecule has 0 aliphatic heterocycles. The van der Waals surface area contributed by atoms with Crippen molar-refractivity contribution in [3.05, 3.63) is 50.7 Å². The number of esters is 1. The van der Waals surface area contributed by atoms with Crippen LogP contribution in [0.25, 0.3) is 20.9 Å². The molecule has 0 atom stereocenters. The number of hydrogen-bond acceptors (Lipinski definition) is 7. The molecule has 1 aromatic rings. The fourth-order valence-electron chi connectivity index (χ4n) is 1.59. The smallest absolute Gasteiger partial charge is 0.312 e. The molecule has 0 unspecified atom stereocenters. The Morgan fingerprint density at radius 3 is 2.41 bits per heavy atom. The Bertz CT molecular complexity index is 742. The highest BCUT2D eigenvalue weighted by atomic mass is 33.1. The molecule has 1 aromatic carbocycles. The Kier molecular flexibility index (Phi) is 9.99. The Morgan fingerprint density at radius 1 is 1.15 bits per heavy atom. The van der Waals surface area contributed by atoms with Gasteiger partial charge in [-0.25, -0.2) is 0 Å². The maximum absolute atomic E-state index is 11.5. The SMILES string of the molecule is CC(C)(CNC(=O)CN=[N+]=[N-])SSc1ccc(COC(=O)CN=[N+]=[N-])cc1. The molecule has 0 saturated heterocycles. The minimum Gasteiger partial charge on any atom is -0.461 e. The van der Waals surface area contributed by atoms with Crippen molar-refractivity contribution in [2.24, 2.45) is 10.2 Å². The number of ether oxygens (including phenoxy) is 1. The van der Waals surface area contributed by atoms with Crippen LogP contribution in [-0.2, 0) is 20.9 Å². The third kappa shape index (κ3) is 10.3. The Hall–Kier alpha value is -2.52. The number of hydrogen-bond donors (Lipinski definition) is 1. The molecule has 1 rings (SSSR count). The van der Waals surface area contributed by atoms with E-state index in [1.807, 2.05) is 38.1 Å². The van der Waals surface area contributed by atoms with Crippen LogP contribution < -0.4 is 5.32 Å². The van der Waals surface area contributed by atoms with E-state index in [-0.39, 0.29) is 30.4 Å². The number of amides is 1. The number of benzene rings is 1. The fraction of sp³-hybridized carbons (Fsp3) is 0.467. The molecule has 0 saturated carbocycles. The monoisotopic (exact) mass is 409 g/mol. The molecule has 1 amide bonds. The molecular weight excluding hydrogens is 390 g/mol. The summed E-state index contributed by atoms with van der Waals surface area (Å²) in [5.74, 6) is -0.892. The molecule has 27 heavy (non-hydrogen) atoms. The van der Waals surface area contributed by atoms with Crippen LogP contribution in [0.4, 0.5) is 0 Å². The molecule has 0 radical (unpaired) electrons. The summed E-state index contributed by atoms with van der Waals surface area (Å²) in [5, 5.41) is 9.09. The van der Waals surface area contributed by atoms with E-state index in [9.17, 15) is 9.59 Å². The van der Waals surface area contributed by atoms with Gasteiger partial charge in [0, 0.05) is 26.0 Å². The largest absolute Gasteiger partial charge is 0.461 e. The van der Waals surface area contributed by atoms with Crippen molar-refractivity contribution < 1.29 is 14.3 Å². The molecule has 0 spiro atoms. The van der Waals surface area contributed by atoms with Crippen molar-refractivity contribution in [2.75, 3.05) is 19.6 Å². The van der Waals surface area contributed by atoms with Gasteiger partial charge in [0.2, 0.25) is 5.91 Å². The summed E-state index contributed by atoms with van der Waals surface area (Å²) in [6, 6.07) is 7.51. The van der Waals surface area contributed by atoms with Gasteiger partial charge in [-0.1, -0.05) is 43.9 Å². The molecule has 0 heterocycles. The molecule has 0 fully saturated rings. The molecule has 10 nitrogen and oxygen atoms in total. The van der Waals surface area contributed by atoms with Crippen molar-refractivity contribution in [3.8, 4) is 0 Å². The summed E-state index contributed by atoms with van der Waals surface area (Å²) in [5.41, 5.74) is 17.2. The van der Waals surface area contributed by atoms with E-state index in [0.717, 1.165) is 10.5 Å². The van der Waals surface area contributed by atoms with E-state index in [1.165, 1.54) is 0 Å². The summed E-state index contributed by atoms with van der Waals surface area (Å²) in [4.78, 5) is 28.8. The normalized spacial score (nSPS) is 10.3. The van der Waals surface area contributed by atoms with Gasteiger partial charge in [-0.2, -0.15) is 0 Å². The molecular formula is C15H19N7O3S2. The zero-order valence-corrected chi connectivity index (χ0v) is 16.5. The topological polar surface area (TPSA) is 153 Å². The van der Waals surface area contributed by atoms with Crippen molar-refractivity contribution in [1.29, 1.82) is 0 Å². The summed E-state index contributed by atoms with van der Waals surface area (Å²) in [6.07, 6.45) is 0. The fourth-order valence-corrected chi connectivity index (χ4v) is 3.77. The third-order valence-corrected chi connectivity index (χ3v) is 6.26. The van der Waals surface area contributed by atoms with Gasteiger partial charge in [-0.05, 0) is 42.6 Å². The summed E-state index contributed by atoms with van der Waals surface area (Å²) >= 11 is 0. The van der Waals surface area contributed by atoms with Gasteiger partial charge in [0.25, 0.3) is 0 Å². The third-order valence-electron chi connectivity index (χ3n) is 2.94. The Morgan fingerprint density at radius 2 is 1.78 bits per heavy atom. The van der Waals surface area contributed by atoms with Crippen LogP contribution in [0.1, 0.15) is 19.4 Å². The maximum Gasteiger partial charge on any atom is 0.312 e.